The summed E-state index contributed by atoms with van der Waals surface area (Å²) in [6.07, 6.45) is 0. The molecule has 0 aliphatic heterocycles. The molecule has 0 bridgehead atoms. The number of hydrogen-bond acceptors (Lipinski definition) is 4. The minimum absolute atomic E-state index is 0.441. The van der Waals surface area contributed by atoms with Gasteiger partial charge in [0.1, 0.15) is 0 Å². The van der Waals surface area contributed by atoms with Crippen LogP contribution in [0.1, 0.15) is 11.3 Å². The number of pyridine rings is 1. The first-order valence-electron chi connectivity index (χ1n) is 5.42. The standard InChI is InChI=1S/C13H16N2O2/c1-8-4-9-5-12(16-2)13(17-3)6-10(9)15-11(8)7-14/h4-6H,7,14H2,1-3H3. The van der Waals surface area contributed by atoms with Crippen molar-refractivity contribution in [3.05, 3.63) is 29.5 Å². The number of nitrogens with two attached hydrogens (primary N) is 1. The third-order valence-electron chi connectivity index (χ3n) is 2.81. The van der Waals surface area contributed by atoms with Crippen LogP contribution in [0, 0.1) is 6.92 Å². The van der Waals surface area contributed by atoms with Gasteiger partial charge in [0, 0.05) is 18.0 Å². The van der Waals surface area contributed by atoms with Crippen molar-refractivity contribution in [1.82, 2.24) is 4.98 Å². The van der Waals surface area contributed by atoms with E-state index in [9.17, 15) is 0 Å². The Morgan fingerprint density at radius 3 is 2.35 bits per heavy atom. The highest BCUT2D eigenvalue weighted by molar-refractivity contribution is 5.83. The molecule has 4 nitrogen and oxygen atoms in total. The van der Waals surface area contributed by atoms with Crippen LogP contribution in [0.5, 0.6) is 11.5 Å². The minimum Gasteiger partial charge on any atom is -0.493 e. The highest BCUT2D eigenvalue weighted by Crippen LogP contribution is 2.31. The summed E-state index contributed by atoms with van der Waals surface area (Å²) in [5.74, 6) is 1.39. The average molecular weight is 232 g/mol. The number of methoxy groups -OCH3 is 2. The summed E-state index contributed by atoms with van der Waals surface area (Å²) in [7, 11) is 3.24. The van der Waals surface area contributed by atoms with Gasteiger partial charge in [-0.2, -0.15) is 0 Å². The van der Waals surface area contributed by atoms with E-state index in [2.05, 4.69) is 11.1 Å². The van der Waals surface area contributed by atoms with Crippen molar-refractivity contribution in [2.75, 3.05) is 14.2 Å². The number of rotatable bonds is 3. The Bertz CT molecular complexity index is 553. The minimum atomic E-state index is 0.441. The predicted octanol–water partition coefficient (Wildman–Crippen LogP) is 2.02. The first-order chi connectivity index (χ1) is 8.19. The molecule has 90 valence electrons. The third kappa shape index (κ3) is 2.03. The van der Waals surface area contributed by atoms with E-state index < -0.39 is 0 Å². The number of hydrogen-bond donors (Lipinski definition) is 1. The number of nitrogens with zero attached hydrogens (tertiary/aromatic N) is 1. The van der Waals surface area contributed by atoms with Crippen LogP contribution in [0.4, 0.5) is 0 Å². The number of benzene rings is 1. The largest absolute Gasteiger partial charge is 0.493 e. The van der Waals surface area contributed by atoms with E-state index >= 15 is 0 Å². The molecule has 0 aliphatic rings. The van der Waals surface area contributed by atoms with Gasteiger partial charge < -0.3 is 15.2 Å². The monoisotopic (exact) mass is 232 g/mol. The lowest BCUT2D eigenvalue weighted by atomic mass is 10.1. The van der Waals surface area contributed by atoms with E-state index in [1.807, 2.05) is 19.1 Å². The van der Waals surface area contributed by atoms with Crippen LogP contribution in [0.2, 0.25) is 0 Å². The maximum Gasteiger partial charge on any atom is 0.162 e. The average Bonchev–Trinajstić information content (AvgIpc) is 2.36. The number of aromatic nitrogens is 1. The molecule has 0 unspecified atom stereocenters. The fraction of sp³-hybridized carbons (Fsp3) is 0.308. The highest BCUT2D eigenvalue weighted by Gasteiger charge is 2.08. The summed E-state index contributed by atoms with van der Waals surface area (Å²) in [4.78, 5) is 4.52. The fourth-order valence-corrected chi connectivity index (χ4v) is 1.85. The Hall–Kier alpha value is -1.81. The van der Waals surface area contributed by atoms with Crippen molar-refractivity contribution in [3.63, 3.8) is 0 Å². The zero-order valence-corrected chi connectivity index (χ0v) is 10.3. The molecule has 0 radical (unpaired) electrons. The van der Waals surface area contributed by atoms with Crippen LogP contribution in [0.15, 0.2) is 18.2 Å². The number of fused-ring (bicyclic) bond motifs is 1. The van der Waals surface area contributed by atoms with E-state index in [1.165, 1.54) is 0 Å². The lowest BCUT2D eigenvalue weighted by Crippen LogP contribution is -2.02. The summed E-state index contributed by atoms with van der Waals surface area (Å²) >= 11 is 0. The van der Waals surface area contributed by atoms with Gasteiger partial charge in [-0.25, -0.2) is 0 Å². The molecule has 2 N–H and O–H groups in total. The van der Waals surface area contributed by atoms with Gasteiger partial charge in [-0.05, 0) is 24.6 Å². The van der Waals surface area contributed by atoms with Crippen LogP contribution in [-0.2, 0) is 6.54 Å². The SMILES string of the molecule is COc1cc2cc(C)c(CN)nc2cc1OC. The van der Waals surface area contributed by atoms with Crippen molar-refractivity contribution in [3.8, 4) is 11.5 Å². The number of aryl methyl sites for hydroxylation is 1. The molecular formula is C13H16N2O2. The van der Waals surface area contributed by atoms with E-state index in [0.717, 1.165) is 22.2 Å². The zero-order valence-electron chi connectivity index (χ0n) is 10.3. The first kappa shape index (κ1) is 11.7. The van der Waals surface area contributed by atoms with Gasteiger partial charge in [0.2, 0.25) is 0 Å². The fourth-order valence-electron chi connectivity index (χ4n) is 1.85. The summed E-state index contributed by atoms with van der Waals surface area (Å²) in [6.45, 7) is 2.45. The van der Waals surface area contributed by atoms with Gasteiger partial charge in [0.25, 0.3) is 0 Å². The molecular weight excluding hydrogens is 216 g/mol. The van der Waals surface area contributed by atoms with Gasteiger partial charge in [-0.1, -0.05) is 0 Å². The van der Waals surface area contributed by atoms with Crippen LogP contribution in [0.3, 0.4) is 0 Å². The normalized spacial score (nSPS) is 10.6. The number of ether oxygens (including phenoxy) is 2. The van der Waals surface area contributed by atoms with E-state index in [1.54, 1.807) is 14.2 Å². The quantitative estimate of drug-likeness (QED) is 0.879. The van der Waals surface area contributed by atoms with E-state index in [4.69, 9.17) is 15.2 Å². The van der Waals surface area contributed by atoms with E-state index in [0.29, 0.717) is 18.0 Å². The summed E-state index contributed by atoms with van der Waals surface area (Å²) in [5, 5.41) is 1.03. The maximum atomic E-state index is 5.65. The Kier molecular flexibility index (Phi) is 3.15. The molecule has 0 aliphatic carbocycles. The van der Waals surface area contributed by atoms with E-state index in [-0.39, 0.29) is 0 Å². The van der Waals surface area contributed by atoms with Crippen molar-refractivity contribution >= 4 is 10.9 Å². The molecule has 0 spiro atoms. The lowest BCUT2D eigenvalue weighted by molar-refractivity contribution is 0.356. The van der Waals surface area contributed by atoms with Crippen LogP contribution in [-0.4, -0.2) is 19.2 Å². The Labute approximate surface area is 100 Å². The second-order valence-electron chi connectivity index (χ2n) is 3.86. The summed E-state index contributed by atoms with van der Waals surface area (Å²) in [6, 6.07) is 5.85. The predicted molar refractivity (Wildman–Crippen MR) is 67.5 cm³/mol. The van der Waals surface area contributed by atoms with Crippen LogP contribution < -0.4 is 15.2 Å². The van der Waals surface area contributed by atoms with Gasteiger partial charge in [0.15, 0.2) is 11.5 Å². The molecule has 1 aromatic heterocycles. The van der Waals surface area contributed by atoms with Gasteiger partial charge in [-0.3, -0.25) is 4.98 Å². The van der Waals surface area contributed by atoms with Crippen LogP contribution in [0.25, 0.3) is 10.9 Å². The van der Waals surface area contributed by atoms with Gasteiger partial charge in [-0.15, -0.1) is 0 Å². The molecule has 0 saturated heterocycles. The topological polar surface area (TPSA) is 57.4 Å². The summed E-state index contributed by atoms with van der Waals surface area (Å²) < 4.78 is 10.5. The maximum absolute atomic E-state index is 5.65. The molecule has 17 heavy (non-hydrogen) atoms. The Morgan fingerprint density at radius 2 is 1.76 bits per heavy atom. The molecule has 0 fully saturated rings. The molecule has 1 heterocycles. The lowest BCUT2D eigenvalue weighted by Gasteiger charge is -2.10. The first-order valence-corrected chi connectivity index (χ1v) is 5.42. The highest BCUT2D eigenvalue weighted by atomic mass is 16.5. The van der Waals surface area contributed by atoms with Crippen LogP contribution >= 0.6 is 0 Å². The molecule has 1 aromatic carbocycles. The van der Waals surface area contributed by atoms with Gasteiger partial charge in [0.05, 0.1) is 25.4 Å². The van der Waals surface area contributed by atoms with Crippen molar-refractivity contribution < 1.29 is 9.47 Å². The molecule has 0 saturated carbocycles. The summed E-state index contributed by atoms with van der Waals surface area (Å²) in [5.41, 5.74) is 8.52. The van der Waals surface area contributed by atoms with Gasteiger partial charge >= 0.3 is 0 Å². The van der Waals surface area contributed by atoms with Crippen molar-refractivity contribution in [2.45, 2.75) is 13.5 Å². The molecule has 2 aromatic rings. The molecule has 4 heteroatoms. The molecule has 2 rings (SSSR count). The van der Waals surface area contributed by atoms with Crippen molar-refractivity contribution in [2.24, 2.45) is 5.73 Å². The zero-order chi connectivity index (χ0) is 12.4. The second-order valence-corrected chi connectivity index (χ2v) is 3.86. The smallest absolute Gasteiger partial charge is 0.162 e. The van der Waals surface area contributed by atoms with Crippen molar-refractivity contribution in [1.29, 1.82) is 0 Å². The molecule has 0 atom stereocenters. The molecule has 0 amide bonds. The second kappa shape index (κ2) is 4.59. The Morgan fingerprint density at radius 1 is 1.12 bits per heavy atom. The third-order valence-corrected chi connectivity index (χ3v) is 2.81. The Balaban J connectivity index is 2.70.